The van der Waals surface area contributed by atoms with E-state index in [0.717, 1.165) is 0 Å². The number of hydrogen-bond donors (Lipinski definition) is 0. The minimum Gasteiger partial charge on any atom is -0.406 e. The highest BCUT2D eigenvalue weighted by atomic mass is 28.5. The molecule has 0 spiro atoms. The summed E-state index contributed by atoms with van der Waals surface area (Å²) in [6.45, 7) is 0. The number of hydrogen-bond acceptors (Lipinski definition) is 2. The van der Waals surface area contributed by atoms with E-state index in [2.05, 4.69) is 0 Å². The Bertz CT molecular complexity index is 658. The van der Waals surface area contributed by atoms with Crippen LogP contribution in [0.4, 0.5) is 105 Å². The van der Waals surface area contributed by atoms with Crippen LogP contribution in [0.1, 0.15) is 0 Å². The van der Waals surface area contributed by atoms with Crippen molar-refractivity contribution in [3.8, 4) is 0 Å². The first-order valence-electron chi connectivity index (χ1n) is 7.35. The molecule has 0 heterocycles. The van der Waals surface area contributed by atoms with Crippen LogP contribution in [0.25, 0.3) is 0 Å². The predicted molar refractivity (Wildman–Crippen MR) is 67.9 cm³/mol. The molecule has 0 aromatic carbocycles. The maximum absolute atomic E-state index is 13.2. The van der Waals surface area contributed by atoms with E-state index in [4.69, 9.17) is 0 Å². The maximum atomic E-state index is 13.2. The van der Waals surface area contributed by atoms with Crippen LogP contribution in [0.15, 0.2) is 0 Å². The molecule has 0 aromatic rings. The SMILES string of the molecule is FC(F)(F)[Si](O[Si](C(F)(F)F)(C(F)(F)F)C(F)(F)F)(O[Si](C(F)(F)F)(C(F)(F)F)C(F)(F)F)C(F)(F)F. The van der Waals surface area contributed by atoms with E-state index in [0.29, 0.717) is 0 Å². The Balaban J connectivity index is 8.37. The fraction of sp³-hybridized carbons (Fsp3) is 1.00. The molecule has 29 heteroatoms. The number of alkyl halides is 24. The third-order valence-electron chi connectivity index (χ3n) is 3.74. The molecule has 0 rings (SSSR count). The molecule has 37 heavy (non-hydrogen) atoms. The lowest BCUT2D eigenvalue weighted by Gasteiger charge is -2.46. The summed E-state index contributed by atoms with van der Waals surface area (Å²) in [5.74, 6) is -68.9. The average Bonchev–Trinajstić information content (AvgIpc) is 2.44. The lowest BCUT2D eigenvalue weighted by atomic mass is 11.4. The van der Waals surface area contributed by atoms with E-state index in [-0.39, 0.29) is 0 Å². The van der Waals surface area contributed by atoms with Crippen molar-refractivity contribution >= 4 is 25.2 Å². The van der Waals surface area contributed by atoms with Gasteiger partial charge >= 0.3 is 71.6 Å². The summed E-state index contributed by atoms with van der Waals surface area (Å²) in [4.78, 5) is 0. The standard InChI is InChI=1S/C8F24O2Si3/c9-1(10,11)35(2(12,13)14,3(15,16)17)33-37(7(27,28)29,8(30,31)32)34-36(4(18,19)20,5(21,22)23)6(24,25)26. The third kappa shape index (κ3) is 5.49. The summed E-state index contributed by atoms with van der Waals surface area (Å²) >= 11 is 0. The first kappa shape index (κ1) is 35.9. The Morgan fingerprint density at radius 2 is 0.378 bits per heavy atom. The highest BCUT2D eigenvalue weighted by Crippen LogP contribution is 2.60. The summed E-state index contributed by atoms with van der Waals surface area (Å²) in [7, 11) is -33.6. The van der Waals surface area contributed by atoms with E-state index in [1.54, 1.807) is 0 Å². The van der Waals surface area contributed by atoms with Crippen LogP contribution in [0.5, 0.6) is 0 Å². The van der Waals surface area contributed by atoms with Gasteiger partial charge < -0.3 is 8.23 Å². The molecule has 0 aliphatic heterocycles. The molecule has 0 aliphatic carbocycles. The van der Waals surface area contributed by atoms with Crippen LogP contribution in [-0.4, -0.2) is 71.6 Å². The van der Waals surface area contributed by atoms with E-state index in [1.165, 1.54) is 8.23 Å². The topological polar surface area (TPSA) is 18.5 Å². The molecule has 0 saturated heterocycles. The maximum Gasteiger partial charge on any atom is 0.554 e. The summed E-state index contributed by atoms with van der Waals surface area (Å²) in [5, 5.41) is 0. The molecule has 0 fully saturated rings. The van der Waals surface area contributed by atoms with Gasteiger partial charge in [-0.2, -0.15) is 105 Å². The van der Waals surface area contributed by atoms with Gasteiger partial charge in [-0.15, -0.1) is 0 Å². The molecule has 2 nitrogen and oxygen atoms in total. The van der Waals surface area contributed by atoms with Gasteiger partial charge in [0.05, 0.1) is 0 Å². The van der Waals surface area contributed by atoms with Gasteiger partial charge in [0.2, 0.25) is 0 Å². The zero-order valence-corrected chi connectivity index (χ0v) is 18.4. The minimum atomic E-state index is -11.3. The van der Waals surface area contributed by atoms with Crippen LogP contribution in [-0.2, 0) is 8.23 Å². The zero-order chi connectivity index (χ0) is 30.9. The molecule has 0 saturated carbocycles. The summed E-state index contributed by atoms with van der Waals surface area (Å²) in [5.41, 5.74) is 0. The largest absolute Gasteiger partial charge is 0.554 e. The van der Waals surface area contributed by atoms with Gasteiger partial charge in [0.15, 0.2) is 0 Å². The lowest BCUT2D eigenvalue weighted by molar-refractivity contribution is -0.211. The molecule has 0 N–H and O–H groups in total. The van der Waals surface area contributed by atoms with Crippen LogP contribution >= 0.6 is 0 Å². The van der Waals surface area contributed by atoms with E-state index >= 15 is 0 Å². The van der Waals surface area contributed by atoms with Crippen molar-refractivity contribution in [3.05, 3.63) is 0 Å². The molecule has 0 unspecified atom stereocenters. The molecule has 224 valence electrons. The van der Waals surface area contributed by atoms with Crippen molar-refractivity contribution in [3.63, 3.8) is 0 Å². The molecular weight excluding hydrogens is 668 g/mol. The van der Waals surface area contributed by atoms with Crippen molar-refractivity contribution < 1.29 is 114 Å². The lowest BCUT2D eigenvalue weighted by Crippen LogP contribution is -2.86. The van der Waals surface area contributed by atoms with E-state index in [1.807, 2.05) is 0 Å². The van der Waals surface area contributed by atoms with Gasteiger partial charge in [-0.3, -0.25) is 0 Å². The van der Waals surface area contributed by atoms with Gasteiger partial charge in [-0.05, 0) is 0 Å². The summed E-state index contributed by atoms with van der Waals surface area (Å²) in [6.07, 6.45) is 0. The van der Waals surface area contributed by atoms with E-state index in [9.17, 15) is 105 Å². The van der Waals surface area contributed by atoms with Crippen LogP contribution in [0, 0.1) is 0 Å². The Morgan fingerprint density at radius 1 is 0.243 bits per heavy atom. The fourth-order valence-corrected chi connectivity index (χ4v) is 13.0. The van der Waals surface area contributed by atoms with Gasteiger partial charge in [-0.1, -0.05) is 0 Å². The number of halogens is 24. The number of rotatable bonds is 4. The van der Waals surface area contributed by atoms with E-state index < -0.39 is 71.6 Å². The quantitative estimate of drug-likeness (QED) is 0.234. The second-order valence-corrected chi connectivity index (χ2v) is 16.3. The molecule has 0 amide bonds. The first-order valence-corrected chi connectivity index (χ1v) is 13.0. The summed E-state index contributed by atoms with van der Waals surface area (Å²) < 4.78 is 314. The van der Waals surface area contributed by atoms with Gasteiger partial charge in [0.25, 0.3) is 0 Å². The van der Waals surface area contributed by atoms with Crippen molar-refractivity contribution in [2.45, 2.75) is 46.4 Å². The van der Waals surface area contributed by atoms with Crippen LogP contribution in [0.3, 0.4) is 0 Å². The Hall–Kier alpha value is -1.11. The molecular formula is C8F24O2Si3. The average molecular weight is 668 g/mol. The summed E-state index contributed by atoms with van der Waals surface area (Å²) in [6, 6.07) is 0. The monoisotopic (exact) mass is 668 g/mol. The predicted octanol–water partition coefficient (Wildman–Crippen LogP) is 7.16. The second kappa shape index (κ2) is 8.96. The normalized spacial score (nSPS) is 16.9. The van der Waals surface area contributed by atoms with Crippen molar-refractivity contribution in [1.29, 1.82) is 0 Å². The Kier molecular flexibility index (Phi) is 8.69. The molecule has 0 atom stereocenters. The highest BCUT2D eigenvalue weighted by Gasteiger charge is 3.00. The third-order valence-corrected chi connectivity index (χ3v) is 14.8. The smallest absolute Gasteiger partial charge is 0.406 e. The van der Waals surface area contributed by atoms with Crippen molar-refractivity contribution in [2.75, 3.05) is 0 Å². The van der Waals surface area contributed by atoms with Crippen molar-refractivity contribution in [2.24, 2.45) is 0 Å². The zero-order valence-electron chi connectivity index (χ0n) is 15.4. The second-order valence-electron chi connectivity index (χ2n) is 6.17. The van der Waals surface area contributed by atoms with Crippen LogP contribution < -0.4 is 0 Å². The molecule has 0 aliphatic rings. The Morgan fingerprint density at radius 3 is 0.459 bits per heavy atom. The molecule has 0 radical (unpaired) electrons. The molecule has 0 bridgehead atoms. The van der Waals surface area contributed by atoms with Crippen molar-refractivity contribution in [1.82, 2.24) is 0 Å². The fourth-order valence-electron chi connectivity index (χ4n) is 2.16. The van der Waals surface area contributed by atoms with Gasteiger partial charge in [-0.25, -0.2) is 0 Å². The van der Waals surface area contributed by atoms with Gasteiger partial charge in [0, 0.05) is 0 Å². The van der Waals surface area contributed by atoms with Gasteiger partial charge in [0.1, 0.15) is 0 Å². The first-order chi connectivity index (χ1) is 15.4. The van der Waals surface area contributed by atoms with Crippen LogP contribution in [0.2, 0.25) is 0 Å². The Labute approximate surface area is 186 Å². The molecule has 0 aromatic heterocycles. The minimum absolute atomic E-state index is 1.25. The highest BCUT2D eigenvalue weighted by molar-refractivity contribution is 6.94.